The fourth-order valence-electron chi connectivity index (χ4n) is 6.25. The first kappa shape index (κ1) is 58.4. The second-order valence-corrected chi connectivity index (χ2v) is 17.2. The number of ether oxygens (including phenoxy) is 2. The third-order valence-corrected chi connectivity index (χ3v) is 10.9. The molecule has 0 aromatic heterocycles. The van der Waals surface area contributed by atoms with Crippen molar-refractivity contribution in [2.24, 2.45) is 0 Å². The van der Waals surface area contributed by atoms with Crippen LogP contribution in [0, 0.1) is 0 Å². The molecule has 0 heterocycles. The van der Waals surface area contributed by atoms with Crippen molar-refractivity contribution < 1.29 is 47.8 Å². The lowest BCUT2D eigenvalue weighted by Gasteiger charge is -2.20. The van der Waals surface area contributed by atoms with E-state index >= 15 is 0 Å². The van der Waals surface area contributed by atoms with Gasteiger partial charge in [-0.25, -0.2) is 4.57 Å². The maximum atomic E-state index is 12.4. The van der Waals surface area contributed by atoms with Crippen LogP contribution in [0.4, 0.5) is 0 Å². The SMILES string of the molecule is CC/C=C\C/C=C\C/C=C\C/C=C\CCCCCCCCCCCCC(=O)OC(CO)COP(=O)(O)OCC(CO)OC(=O)CCCCCCC/C=C\C/C=C\CCCCC. The summed E-state index contributed by atoms with van der Waals surface area (Å²) in [4.78, 5) is 34.6. The number of phosphoric ester groups is 1. The molecule has 0 fully saturated rings. The Kier molecular flexibility index (Phi) is 43.5. The fraction of sp³-hybridized carbons (Fsp3) is 0.720. The third-order valence-electron chi connectivity index (χ3n) is 9.90. The van der Waals surface area contributed by atoms with Gasteiger partial charge in [-0.15, -0.1) is 0 Å². The van der Waals surface area contributed by atoms with E-state index in [1.165, 1.54) is 57.8 Å². The van der Waals surface area contributed by atoms with Crippen molar-refractivity contribution in [1.29, 1.82) is 0 Å². The van der Waals surface area contributed by atoms with Gasteiger partial charge in [-0.3, -0.25) is 18.6 Å². The van der Waals surface area contributed by atoms with Crippen molar-refractivity contribution in [3.8, 4) is 0 Å². The number of aliphatic hydroxyl groups excluding tert-OH is 2. The molecule has 10 nitrogen and oxygen atoms in total. The summed E-state index contributed by atoms with van der Waals surface area (Å²) in [5.41, 5.74) is 0. The highest BCUT2D eigenvalue weighted by Crippen LogP contribution is 2.43. The molecule has 11 heteroatoms. The first-order valence-electron chi connectivity index (χ1n) is 23.9. The van der Waals surface area contributed by atoms with Crippen molar-refractivity contribution in [2.45, 2.75) is 206 Å². The molecule has 3 unspecified atom stereocenters. The van der Waals surface area contributed by atoms with Crippen LogP contribution in [0.1, 0.15) is 194 Å². The van der Waals surface area contributed by atoms with Crippen LogP contribution in [0.5, 0.6) is 0 Å². The van der Waals surface area contributed by atoms with Crippen molar-refractivity contribution in [3.05, 3.63) is 72.9 Å². The molecule has 0 saturated carbocycles. The number of hydrogen-bond donors (Lipinski definition) is 3. The van der Waals surface area contributed by atoms with Crippen LogP contribution < -0.4 is 0 Å². The Morgan fingerprint density at radius 1 is 0.459 bits per heavy atom. The number of carbonyl (C=O) groups is 2. The number of phosphoric acid groups is 1. The molecule has 0 aliphatic rings. The van der Waals surface area contributed by atoms with Gasteiger partial charge in [-0.1, -0.05) is 170 Å². The average Bonchev–Trinajstić information content (AvgIpc) is 3.25. The highest BCUT2D eigenvalue weighted by molar-refractivity contribution is 7.47. The van der Waals surface area contributed by atoms with E-state index in [1.807, 2.05) is 0 Å². The van der Waals surface area contributed by atoms with Crippen molar-refractivity contribution in [1.82, 2.24) is 0 Å². The zero-order chi connectivity index (χ0) is 44.8. The Morgan fingerprint density at radius 2 is 0.770 bits per heavy atom. The molecular formula is C50H87O10P. The lowest BCUT2D eigenvalue weighted by atomic mass is 10.0. The predicted octanol–water partition coefficient (Wildman–Crippen LogP) is 13.2. The first-order chi connectivity index (χ1) is 29.8. The Morgan fingerprint density at radius 3 is 1.11 bits per heavy atom. The number of hydrogen-bond acceptors (Lipinski definition) is 9. The molecule has 0 aromatic rings. The van der Waals surface area contributed by atoms with Gasteiger partial charge in [0.05, 0.1) is 26.4 Å². The molecule has 0 aromatic carbocycles. The normalized spacial score (nSPS) is 14.4. The van der Waals surface area contributed by atoms with E-state index in [-0.39, 0.29) is 12.8 Å². The van der Waals surface area contributed by atoms with Gasteiger partial charge >= 0.3 is 19.8 Å². The van der Waals surface area contributed by atoms with Gasteiger partial charge in [0.25, 0.3) is 0 Å². The summed E-state index contributed by atoms with van der Waals surface area (Å²) in [5.74, 6) is -1.04. The average molecular weight is 879 g/mol. The number of rotatable bonds is 44. The lowest BCUT2D eigenvalue weighted by Crippen LogP contribution is -2.28. The molecule has 61 heavy (non-hydrogen) atoms. The second-order valence-electron chi connectivity index (χ2n) is 15.7. The monoisotopic (exact) mass is 879 g/mol. The highest BCUT2D eigenvalue weighted by Gasteiger charge is 2.27. The zero-order valence-corrected chi connectivity index (χ0v) is 39.3. The largest absolute Gasteiger partial charge is 0.472 e. The molecule has 0 amide bonds. The molecule has 352 valence electrons. The molecule has 0 radical (unpaired) electrons. The van der Waals surface area contributed by atoms with Crippen molar-refractivity contribution >= 4 is 19.8 Å². The summed E-state index contributed by atoms with van der Waals surface area (Å²) in [5, 5.41) is 19.2. The molecule has 0 saturated heterocycles. The summed E-state index contributed by atoms with van der Waals surface area (Å²) in [6.45, 7) is 2.05. The number of carbonyl (C=O) groups excluding carboxylic acids is 2. The Hall–Kier alpha value is -2.59. The summed E-state index contributed by atoms with van der Waals surface area (Å²) in [7, 11) is -4.65. The van der Waals surface area contributed by atoms with E-state index in [0.717, 1.165) is 96.3 Å². The van der Waals surface area contributed by atoms with Crippen LogP contribution in [0.3, 0.4) is 0 Å². The van der Waals surface area contributed by atoms with Gasteiger partial charge in [0.1, 0.15) is 12.2 Å². The quantitative estimate of drug-likeness (QED) is 0.0234. The topological polar surface area (TPSA) is 149 Å². The minimum absolute atomic E-state index is 0.173. The summed E-state index contributed by atoms with van der Waals surface area (Å²) >= 11 is 0. The first-order valence-corrected chi connectivity index (χ1v) is 25.4. The number of esters is 2. The van der Waals surface area contributed by atoms with E-state index in [1.54, 1.807) is 0 Å². The van der Waals surface area contributed by atoms with E-state index < -0.39 is 58.4 Å². The molecule has 0 aliphatic heterocycles. The van der Waals surface area contributed by atoms with E-state index in [0.29, 0.717) is 12.8 Å². The van der Waals surface area contributed by atoms with Crippen LogP contribution in [-0.2, 0) is 32.7 Å². The van der Waals surface area contributed by atoms with Crippen LogP contribution in [-0.4, -0.2) is 65.7 Å². The van der Waals surface area contributed by atoms with Crippen LogP contribution >= 0.6 is 7.82 Å². The Labute approximate surface area is 371 Å². The van der Waals surface area contributed by atoms with Crippen LogP contribution in [0.25, 0.3) is 0 Å². The molecule has 0 rings (SSSR count). The van der Waals surface area contributed by atoms with Crippen LogP contribution in [0.2, 0.25) is 0 Å². The standard InChI is InChI=1S/C50H87O10P/c1-3-5-7-9-11-13-15-17-19-20-21-22-23-24-25-26-28-30-32-34-36-38-40-42-50(54)60-48(44-52)46-58-61(55,56)57-45-47(43-51)59-49(53)41-39-37-35-33-31-29-27-18-16-14-12-10-8-6-4-2/h5,7,11-14,17-19,21-22,27,47-48,51-52H,3-4,6,8-10,15-16,20,23-26,28-46H2,1-2H3,(H,55,56)/b7-5-,13-11-,14-12-,19-17-,22-21-,27-18-. The van der Waals surface area contributed by atoms with Crippen molar-refractivity contribution in [2.75, 3.05) is 26.4 Å². The maximum absolute atomic E-state index is 12.4. The van der Waals surface area contributed by atoms with Gasteiger partial charge < -0.3 is 24.6 Å². The summed E-state index contributed by atoms with van der Waals surface area (Å²) < 4.78 is 32.6. The molecule has 0 aliphatic carbocycles. The van der Waals surface area contributed by atoms with E-state index in [2.05, 4.69) is 86.8 Å². The highest BCUT2D eigenvalue weighted by atomic mass is 31.2. The minimum Gasteiger partial charge on any atom is -0.457 e. The maximum Gasteiger partial charge on any atom is 0.472 e. The predicted molar refractivity (Wildman–Crippen MR) is 251 cm³/mol. The number of aliphatic hydroxyl groups is 2. The fourth-order valence-corrected chi connectivity index (χ4v) is 7.04. The van der Waals surface area contributed by atoms with Gasteiger partial charge in [0.2, 0.25) is 0 Å². The molecular weight excluding hydrogens is 792 g/mol. The van der Waals surface area contributed by atoms with Gasteiger partial charge in [-0.2, -0.15) is 0 Å². The lowest BCUT2D eigenvalue weighted by molar-refractivity contribution is -0.153. The third kappa shape index (κ3) is 43.8. The van der Waals surface area contributed by atoms with Crippen molar-refractivity contribution in [3.63, 3.8) is 0 Å². The smallest absolute Gasteiger partial charge is 0.457 e. The molecule has 3 N–H and O–H groups in total. The summed E-state index contributed by atoms with van der Waals surface area (Å²) in [6, 6.07) is 0. The van der Waals surface area contributed by atoms with E-state index in [9.17, 15) is 29.3 Å². The minimum atomic E-state index is -4.65. The Balaban J connectivity index is 3.89. The molecule has 0 spiro atoms. The Bertz CT molecular complexity index is 1240. The van der Waals surface area contributed by atoms with Gasteiger partial charge in [-0.05, 0) is 83.5 Å². The number of unbranched alkanes of at least 4 members (excludes halogenated alkanes) is 18. The second kappa shape index (κ2) is 45.4. The van der Waals surface area contributed by atoms with Gasteiger partial charge in [0, 0.05) is 12.8 Å². The van der Waals surface area contributed by atoms with E-state index in [4.69, 9.17) is 18.5 Å². The zero-order valence-electron chi connectivity index (χ0n) is 38.4. The molecule has 3 atom stereocenters. The number of allylic oxidation sites excluding steroid dienone is 12. The van der Waals surface area contributed by atoms with Crippen LogP contribution in [0.15, 0.2) is 72.9 Å². The van der Waals surface area contributed by atoms with Gasteiger partial charge in [0.15, 0.2) is 0 Å². The summed E-state index contributed by atoms with van der Waals surface area (Å²) in [6.07, 6.45) is 53.0. The molecule has 0 bridgehead atoms.